The van der Waals surface area contributed by atoms with Crippen LogP contribution in [0.3, 0.4) is 0 Å². The smallest absolute Gasteiger partial charge is 0.419 e. The topological polar surface area (TPSA) is 132 Å². The summed E-state index contributed by atoms with van der Waals surface area (Å²) in [6.45, 7) is 1.53. The third-order valence-corrected chi connectivity index (χ3v) is 5.22. The van der Waals surface area contributed by atoms with Crippen molar-refractivity contribution in [1.29, 1.82) is 0 Å². The number of aromatic amines is 1. The van der Waals surface area contributed by atoms with E-state index in [4.69, 9.17) is 8.83 Å². The summed E-state index contributed by atoms with van der Waals surface area (Å²) in [5.74, 6) is -0.961. The minimum Gasteiger partial charge on any atom is -0.444 e. The normalized spacial score (nSPS) is 11.3. The van der Waals surface area contributed by atoms with Crippen molar-refractivity contribution in [3.8, 4) is 5.69 Å². The van der Waals surface area contributed by atoms with Gasteiger partial charge in [0.15, 0.2) is 5.58 Å². The van der Waals surface area contributed by atoms with E-state index in [9.17, 15) is 19.2 Å². The summed E-state index contributed by atoms with van der Waals surface area (Å²) in [6, 6.07) is 13.1. The fourth-order valence-electron chi connectivity index (χ4n) is 3.68. The molecule has 0 aliphatic carbocycles. The molecular formula is C22H16N4O6. The van der Waals surface area contributed by atoms with Gasteiger partial charge in [0.25, 0.3) is 11.5 Å². The predicted octanol–water partition coefficient (Wildman–Crippen LogP) is 2.28. The maximum Gasteiger partial charge on any atom is 0.419 e. The summed E-state index contributed by atoms with van der Waals surface area (Å²) < 4.78 is 12.9. The van der Waals surface area contributed by atoms with Crippen LogP contribution in [0.4, 0.5) is 5.69 Å². The first-order valence-corrected chi connectivity index (χ1v) is 9.60. The second-order valence-corrected chi connectivity index (χ2v) is 7.21. The van der Waals surface area contributed by atoms with E-state index >= 15 is 0 Å². The fraction of sp³-hybridized carbons (Fsp3) is 0.0909. The van der Waals surface area contributed by atoms with Crippen molar-refractivity contribution in [1.82, 2.24) is 14.1 Å². The van der Waals surface area contributed by atoms with Crippen LogP contribution in [0.1, 0.15) is 16.1 Å². The molecule has 0 atom stereocenters. The Morgan fingerprint density at radius 3 is 2.53 bits per heavy atom. The third kappa shape index (κ3) is 2.88. The Labute approximate surface area is 178 Å². The number of amides is 1. The number of nitrogens with zero attached hydrogens (tertiary/aromatic N) is 2. The largest absolute Gasteiger partial charge is 0.444 e. The number of rotatable bonds is 3. The van der Waals surface area contributed by atoms with Gasteiger partial charge in [0.1, 0.15) is 11.1 Å². The molecule has 3 heterocycles. The van der Waals surface area contributed by atoms with Crippen molar-refractivity contribution in [2.75, 3.05) is 5.32 Å². The first-order valence-electron chi connectivity index (χ1n) is 9.60. The number of fused-ring (bicyclic) bond motifs is 2. The Kier molecular flexibility index (Phi) is 4.22. The van der Waals surface area contributed by atoms with E-state index in [2.05, 4.69) is 10.3 Å². The minimum atomic E-state index is -0.682. The van der Waals surface area contributed by atoms with Crippen LogP contribution in [-0.2, 0) is 7.05 Å². The van der Waals surface area contributed by atoms with E-state index in [1.807, 2.05) is 0 Å². The van der Waals surface area contributed by atoms with Gasteiger partial charge in [-0.1, -0.05) is 18.2 Å². The molecule has 10 nitrogen and oxygen atoms in total. The maximum absolute atomic E-state index is 13.2. The molecule has 32 heavy (non-hydrogen) atoms. The average molecular weight is 432 g/mol. The molecule has 0 spiro atoms. The van der Waals surface area contributed by atoms with Crippen LogP contribution >= 0.6 is 0 Å². The van der Waals surface area contributed by atoms with Crippen LogP contribution in [0.15, 0.2) is 71.7 Å². The van der Waals surface area contributed by atoms with Gasteiger partial charge in [-0.05, 0) is 31.2 Å². The summed E-state index contributed by atoms with van der Waals surface area (Å²) in [4.78, 5) is 53.0. The molecule has 2 aromatic carbocycles. The molecule has 5 rings (SSSR count). The minimum absolute atomic E-state index is 0.000502. The number of carbonyl (C=O) groups is 1. The van der Waals surface area contributed by atoms with Crippen molar-refractivity contribution in [2.24, 2.45) is 7.05 Å². The second-order valence-electron chi connectivity index (χ2n) is 7.21. The molecule has 0 fully saturated rings. The van der Waals surface area contributed by atoms with Gasteiger partial charge in [-0.2, -0.15) is 0 Å². The number of para-hydroxylation sites is 1. The van der Waals surface area contributed by atoms with Gasteiger partial charge < -0.3 is 14.2 Å². The van der Waals surface area contributed by atoms with Crippen molar-refractivity contribution in [3.63, 3.8) is 0 Å². The van der Waals surface area contributed by atoms with Gasteiger partial charge in [-0.25, -0.2) is 14.2 Å². The number of carbonyl (C=O) groups excluding carboxylic acids is 1. The molecular weight excluding hydrogens is 416 g/mol. The SMILES string of the molecule is Cc1oc2[nH]c(=O)n(-c3ccccc3)c(=O)c2c1C(=O)Nc1ccc2c(c1)oc(=O)n2C. The Morgan fingerprint density at radius 2 is 1.78 bits per heavy atom. The van der Waals surface area contributed by atoms with E-state index < -0.39 is 22.9 Å². The van der Waals surface area contributed by atoms with Gasteiger partial charge >= 0.3 is 11.4 Å². The van der Waals surface area contributed by atoms with Crippen LogP contribution in [0.5, 0.6) is 0 Å². The molecule has 160 valence electrons. The van der Waals surface area contributed by atoms with Gasteiger partial charge in [-0.3, -0.25) is 19.1 Å². The summed E-state index contributed by atoms with van der Waals surface area (Å²) in [5, 5.41) is 2.64. The van der Waals surface area contributed by atoms with E-state index in [1.165, 1.54) is 17.6 Å². The molecule has 0 bridgehead atoms. The quantitative estimate of drug-likeness (QED) is 0.450. The molecule has 5 aromatic rings. The van der Waals surface area contributed by atoms with Crippen LogP contribution in [-0.4, -0.2) is 20.0 Å². The first kappa shape index (κ1) is 19.4. The first-order chi connectivity index (χ1) is 15.3. The Balaban J connectivity index is 1.63. The highest BCUT2D eigenvalue weighted by atomic mass is 16.4. The van der Waals surface area contributed by atoms with Crippen LogP contribution in [0.2, 0.25) is 0 Å². The molecule has 0 saturated carbocycles. The summed E-state index contributed by atoms with van der Waals surface area (Å²) >= 11 is 0. The number of oxazole rings is 1. The van der Waals surface area contributed by atoms with Gasteiger partial charge in [0, 0.05) is 18.8 Å². The third-order valence-electron chi connectivity index (χ3n) is 5.22. The molecule has 2 N–H and O–H groups in total. The lowest BCUT2D eigenvalue weighted by Crippen LogP contribution is -2.34. The maximum atomic E-state index is 13.2. The fourth-order valence-corrected chi connectivity index (χ4v) is 3.68. The number of H-pyrrole nitrogens is 1. The average Bonchev–Trinajstić information content (AvgIpc) is 3.24. The highest BCUT2D eigenvalue weighted by molar-refractivity contribution is 6.13. The second kappa shape index (κ2) is 6.98. The van der Waals surface area contributed by atoms with Crippen molar-refractivity contribution in [3.05, 3.63) is 91.2 Å². The summed E-state index contributed by atoms with van der Waals surface area (Å²) in [6.07, 6.45) is 0. The highest BCUT2D eigenvalue weighted by Gasteiger charge is 2.24. The molecule has 0 aliphatic rings. The number of aryl methyl sites for hydroxylation is 2. The van der Waals surface area contributed by atoms with E-state index in [-0.39, 0.29) is 22.4 Å². The van der Waals surface area contributed by atoms with Crippen LogP contribution in [0.25, 0.3) is 27.9 Å². The monoisotopic (exact) mass is 432 g/mol. The zero-order valence-corrected chi connectivity index (χ0v) is 17.0. The Morgan fingerprint density at radius 1 is 1.03 bits per heavy atom. The number of nitrogens with one attached hydrogen (secondary N) is 2. The predicted molar refractivity (Wildman–Crippen MR) is 117 cm³/mol. The standard InChI is InChI=1S/C22H16N4O6/c1-11-16(18(27)23-12-8-9-14-15(10-12)32-22(30)25(14)2)17-19(31-11)24-21(29)26(20(17)28)13-6-4-3-5-7-13/h3-10H,1-2H3,(H,23,27)(H,24,29). The number of aromatic nitrogens is 3. The van der Waals surface area contributed by atoms with Crippen molar-refractivity contribution in [2.45, 2.75) is 6.92 Å². The van der Waals surface area contributed by atoms with E-state index in [0.717, 1.165) is 4.57 Å². The molecule has 1 amide bonds. The molecule has 0 aliphatic heterocycles. The Hall–Kier alpha value is -4.60. The zero-order valence-electron chi connectivity index (χ0n) is 17.0. The molecule has 10 heteroatoms. The molecule has 0 unspecified atom stereocenters. The number of hydrogen-bond acceptors (Lipinski definition) is 6. The van der Waals surface area contributed by atoms with Gasteiger partial charge in [-0.15, -0.1) is 0 Å². The van der Waals surface area contributed by atoms with Gasteiger partial charge in [0.2, 0.25) is 5.71 Å². The number of anilines is 1. The van der Waals surface area contributed by atoms with Crippen LogP contribution in [0, 0.1) is 6.92 Å². The van der Waals surface area contributed by atoms with Crippen molar-refractivity contribution >= 4 is 33.8 Å². The van der Waals surface area contributed by atoms with E-state index in [1.54, 1.807) is 49.5 Å². The lowest BCUT2D eigenvalue weighted by molar-refractivity contribution is 0.102. The van der Waals surface area contributed by atoms with Crippen molar-refractivity contribution < 1.29 is 13.6 Å². The molecule has 0 saturated heterocycles. The van der Waals surface area contributed by atoms with E-state index in [0.29, 0.717) is 22.5 Å². The number of hydrogen-bond donors (Lipinski definition) is 2. The highest BCUT2D eigenvalue weighted by Crippen LogP contribution is 2.23. The summed E-state index contributed by atoms with van der Waals surface area (Å²) in [7, 11) is 1.58. The Bertz CT molecular complexity index is 1700. The number of furan rings is 1. The summed E-state index contributed by atoms with van der Waals surface area (Å²) in [5.41, 5.74) is 0.148. The zero-order chi connectivity index (χ0) is 22.6. The molecule has 3 aromatic heterocycles. The lowest BCUT2D eigenvalue weighted by atomic mass is 10.1. The van der Waals surface area contributed by atoms with Crippen LogP contribution < -0.4 is 22.3 Å². The lowest BCUT2D eigenvalue weighted by Gasteiger charge is -2.06. The van der Waals surface area contributed by atoms with Gasteiger partial charge in [0.05, 0.1) is 16.8 Å². The molecule has 0 radical (unpaired) electrons. The number of benzene rings is 2.